The van der Waals surface area contributed by atoms with Crippen LogP contribution in [0.25, 0.3) is 0 Å². The third-order valence-electron chi connectivity index (χ3n) is 4.00. The van der Waals surface area contributed by atoms with Gasteiger partial charge in [-0.25, -0.2) is 0 Å². The molecule has 0 aromatic heterocycles. The van der Waals surface area contributed by atoms with Crippen LogP contribution >= 0.6 is 0 Å². The average molecular weight is 247 g/mol. The molecule has 3 nitrogen and oxygen atoms in total. The fourth-order valence-electron chi connectivity index (χ4n) is 2.90. The van der Waals surface area contributed by atoms with E-state index in [4.69, 9.17) is 9.47 Å². The van der Waals surface area contributed by atoms with E-state index < -0.39 is 0 Å². The molecule has 2 aliphatic rings. The van der Waals surface area contributed by atoms with Crippen LogP contribution < -0.4 is 10.1 Å². The van der Waals surface area contributed by atoms with Crippen LogP contribution in [0.3, 0.4) is 0 Å². The lowest BCUT2D eigenvalue weighted by Gasteiger charge is -2.24. The Morgan fingerprint density at radius 3 is 2.61 bits per heavy atom. The van der Waals surface area contributed by atoms with E-state index in [2.05, 4.69) is 23.5 Å². The number of rotatable bonds is 3. The van der Waals surface area contributed by atoms with Crippen LogP contribution in [0, 0.1) is 0 Å². The lowest BCUT2D eigenvalue weighted by atomic mass is 10.1. The second kappa shape index (κ2) is 5.29. The van der Waals surface area contributed by atoms with Crippen molar-refractivity contribution in [2.75, 3.05) is 20.2 Å². The summed E-state index contributed by atoms with van der Waals surface area (Å²) in [4.78, 5) is 0. The molecule has 1 aromatic rings. The Balaban J connectivity index is 1.67. The maximum Gasteiger partial charge on any atom is 0.120 e. The Kier molecular flexibility index (Phi) is 3.52. The predicted molar refractivity (Wildman–Crippen MR) is 71.2 cm³/mol. The molecule has 1 fully saturated rings. The van der Waals surface area contributed by atoms with Gasteiger partial charge in [0, 0.05) is 7.11 Å². The first-order valence-electron chi connectivity index (χ1n) is 6.87. The fraction of sp³-hybridized carbons (Fsp3) is 0.600. The molecule has 0 bridgehead atoms. The number of benzene rings is 1. The molecule has 1 aromatic carbocycles. The van der Waals surface area contributed by atoms with Gasteiger partial charge in [-0.3, -0.25) is 0 Å². The van der Waals surface area contributed by atoms with Gasteiger partial charge in [-0.1, -0.05) is 6.07 Å². The summed E-state index contributed by atoms with van der Waals surface area (Å²) in [6, 6.07) is 6.51. The number of hydrogen-bond acceptors (Lipinski definition) is 3. The van der Waals surface area contributed by atoms with Gasteiger partial charge in [-0.2, -0.15) is 0 Å². The van der Waals surface area contributed by atoms with Gasteiger partial charge in [0.2, 0.25) is 0 Å². The van der Waals surface area contributed by atoms with Crippen molar-refractivity contribution in [1.29, 1.82) is 0 Å². The summed E-state index contributed by atoms with van der Waals surface area (Å²) >= 11 is 0. The molecule has 1 N–H and O–H groups in total. The fourth-order valence-corrected chi connectivity index (χ4v) is 2.90. The van der Waals surface area contributed by atoms with Gasteiger partial charge in [0.25, 0.3) is 0 Å². The van der Waals surface area contributed by atoms with Crippen molar-refractivity contribution in [2.24, 2.45) is 0 Å². The Labute approximate surface area is 108 Å². The maximum absolute atomic E-state index is 6.07. The molecule has 18 heavy (non-hydrogen) atoms. The van der Waals surface area contributed by atoms with E-state index in [0.29, 0.717) is 12.2 Å². The van der Waals surface area contributed by atoms with Crippen LogP contribution in [-0.4, -0.2) is 32.4 Å². The molecule has 0 amide bonds. The smallest absolute Gasteiger partial charge is 0.120 e. The van der Waals surface area contributed by atoms with Crippen LogP contribution in [0.2, 0.25) is 0 Å². The van der Waals surface area contributed by atoms with Gasteiger partial charge in [0.05, 0.1) is 6.10 Å². The molecule has 1 aliphatic carbocycles. The van der Waals surface area contributed by atoms with E-state index in [1.54, 1.807) is 7.11 Å². The van der Waals surface area contributed by atoms with Gasteiger partial charge in [0.1, 0.15) is 11.9 Å². The van der Waals surface area contributed by atoms with E-state index >= 15 is 0 Å². The largest absolute Gasteiger partial charge is 0.490 e. The first-order chi connectivity index (χ1) is 8.85. The zero-order chi connectivity index (χ0) is 12.4. The number of methoxy groups -OCH3 is 1. The topological polar surface area (TPSA) is 30.5 Å². The van der Waals surface area contributed by atoms with Crippen LogP contribution in [-0.2, 0) is 17.6 Å². The van der Waals surface area contributed by atoms with Crippen LogP contribution in [0.1, 0.15) is 24.0 Å². The minimum absolute atomic E-state index is 0.356. The summed E-state index contributed by atoms with van der Waals surface area (Å²) in [5.74, 6) is 1.03. The van der Waals surface area contributed by atoms with E-state index in [1.165, 1.54) is 11.1 Å². The molecule has 0 spiro atoms. The highest BCUT2D eigenvalue weighted by Crippen LogP contribution is 2.28. The van der Waals surface area contributed by atoms with Gasteiger partial charge in [0.15, 0.2) is 0 Å². The van der Waals surface area contributed by atoms with Crippen LogP contribution in [0.15, 0.2) is 18.2 Å². The lowest BCUT2D eigenvalue weighted by molar-refractivity contribution is 0.112. The Bertz CT molecular complexity index is 413. The van der Waals surface area contributed by atoms with Crippen molar-refractivity contribution in [3.63, 3.8) is 0 Å². The maximum atomic E-state index is 6.07. The summed E-state index contributed by atoms with van der Waals surface area (Å²) in [6.45, 7) is 2.14. The molecule has 1 aliphatic heterocycles. The molecule has 0 radical (unpaired) electrons. The third kappa shape index (κ3) is 2.52. The van der Waals surface area contributed by atoms with Crippen molar-refractivity contribution in [1.82, 2.24) is 5.32 Å². The molecular formula is C15H21NO2. The normalized spacial score (nSPS) is 23.9. The zero-order valence-corrected chi connectivity index (χ0v) is 10.9. The van der Waals surface area contributed by atoms with E-state index in [-0.39, 0.29) is 0 Å². The van der Waals surface area contributed by atoms with Gasteiger partial charge < -0.3 is 14.8 Å². The minimum atomic E-state index is 0.356. The van der Waals surface area contributed by atoms with Crippen molar-refractivity contribution < 1.29 is 9.47 Å². The number of nitrogens with one attached hydrogen (secondary N) is 1. The summed E-state index contributed by atoms with van der Waals surface area (Å²) in [5, 5.41) is 3.36. The highest BCUT2D eigenvalue weighted by Gasteiger charge is 2.22. The third-order valence-corrected chi connectivity index (χ3v) is 4.00. The van der Waals surface area contributed by atoms with Crippen LogP contribution in [0.5, 0.6) is 5.75 Å². The van der Waals surface area contributed by atoms with Crippen molar-refractivity contribution in [3.05, 3.63) is 29.3 Å². The predicted octanol–water partition coefficient (Wildman–Crippen LogP) is 1.93. The van der Waals surface area contributed by atoms with Gasteiger partial charge in [-0.05, 0) is 62.0 Å². The summed E-state index contributed by atoms with van der Waals surface area (Å²) < 4.78 is 11.5. The number of ether oxygens (including phenoxy) is 2. The monoisotopic (exact) mass is 247 g/mol. The van der Waals surface area contributed by atoms with E-state index in [9.17, 15) is 0 Å². The van der Waals surface area contributed by atoms with Crippen molar-refractivity contribution in [3.8, 4) is 5.75 Å². The second-order valence-corrected chi connectivity index (χ2v) is 5.26. The summed E-state index contributed by atoms with van der Waals surface area (Å²) in [7, 11) is 1.79. The van der Waals surface area contributed by atoms with Crippen LogP contribution in [0.4, 0.5) is 0 Å². The minimum Gasteiger partial charge on any atom is -0.490 e. The molecule has 3 rings (SSSR count). The Morgan fingerprint density at radius 2 is 1.83 bits per heavy atom. The van der Waals surface area contributed by atoms with Crippen molar-refractivity contribution >= 4 is 0 Å². The average Bonchev–Trinajstić information content (AvgIpc) is 2.82. The molecular weight excluding hydrogens is 226 g/mol. The first kappa shape index (κ1) is 12.0. The van der Waals surface area contributed by atoms with E-state index in [0.717, 1.165) is 44.5 Å². The lowest BCUT2D eigenvalue weighted by Crippen LogP contribution is -2.34. The summed E-state index contributed by atoms with van der Waals surface area (Å²) in [6.07, 6.45) is 5.02. The standard InChI is InChI=1S/C15H21NO2/c1-17-15-8-11-2-3-14(9-12(11)10-15)18-13-4-6-16-7-5-13/h2-3,9,13,15-16H,4-8,10H2,1H3. The molecule has 1 unspecified atom stereocenters. The number of hydrogen-bond donors (Lipinski definition) is 1. The quantitative estimate of drug-likeness (QED) is 0.885. The first-order valence-corrected chi connectivity index (χ1v) is 6.87. The summed E-state index contributed by atoms with van der Waals surface area (Å²) in [5.41, 5.74) is 2.81. The molecule has 98 valence electrons. The second-order valence-electron chi connectivity index (χ2n) is 5.26. The van der Waals surface area contributed by atoms with Gasteiger partial charge in [-0.15, -0.1) is 0 Å². The molecule has 0 saturated carbocycles. The number of piperidine rings is 1. The zero-order valence-electron chi connectivity index (χ0n) is 10.9. The number of fused-ring (bicyclic) bond motifs is 1. The highest BCUT2D eigenvalue weighted by molar-refractivity contribution is 5.39. The molecule has 3 heteroatoms. The van der Waals surface area contributed by atoms with Crippen molar-refractivity contribution in [2.45, 2.75) is 37.9 Å². The Morgan fingerprint density at radius 1 is 1.06 bits per heavy atom. The molecule has 1 heterocycles. The Hall–Kier alpha value is -1.06. The van der Waals surface area contributed by atoms with Gasteiger partial charge >= 0.3 is 0 Å². The SMILES string of the molecule is COC1Cc2ccc(OC3CCNCC3)cc2C1. The molecule has 1 saturated heterocycles. The van der Waals surface area contributed by atoms with E-state index in [1.807, 2.05) is 0 Å². The molecule has 1 atom stereocenters. The highest BCUT2D eigenvalue weighted by atomic mass is 16.5.